The van der Waals surface area contributed by atoms with Gasteiger partial charge in [-0.1, -0.05) is 56.5 Å². The number of ether oxygens (including phenoxy) is 1. The van der Waals surface area contributed by atoms with E-state index in [1.807, 2.05) is 37.3 Å². The predicted octanol–water partition coefficient (Wildman–Crippen LogP) is 3.34. The molecule has 1 aliphatic rings. The zero-order valence-corrected chi connectivity index (χ0v) is 12.9. The first kappa shape index (κ1) is 16.3. The van der Waals surface area contributed by atoms with E-state index in [2.05, 4.69) is 5.32 Å². The van der Waals surface area contributed by atoms with Gasteiger partial charge in [0.05, 0.1) is 0 Å². The molecule has 2 N–H and O–H groups in total. The van der Waals surface area contributed by atoms with Crippen molar-refractivity contribution in [2.75, 3.05) is 0 Å². The molecule has 2 rings (SSSR count). The topological polar surface area (TPSA) is 75.6 Å². The van der Waals surface area contributed by atoms with Crippen LogP contribution in [0, 0.1) is 5.92 Å². The van der Waals surface area contributed by atoms with Crippen LogP contribution in [0.4, 0.5) is 4.79 Å². The third-order valence-corrected chi connectivity index (χ3v) is 4.48. The number of aliphatic carboxylic acids is 1. The first-order valence-corrected chi connectivity index (χ1v) is 7.80. The van der Waals surface area contributed by atoms with Crippen molar-refractivity contribution in [2.24, 2.45) is 5.92 Å². The molecule has 1 aromatic rings. The number of carbonyl (C=O) groups is 2. The Morgan fingerprint density at radius 3 is 2.68 bits per heavy atom. The van der Waals surface area contributed by atoms with Gasteiger partial charge < -0.3 is 15.2 Å². The second kappa shape index (κ2) is 7.29. The molecule has 2 atom stereocenters. The fourth-order valence-electron chi connectivity index (χ4n) is 3.24. The van der Waals surface area contributed by atoms with E-state index in [1.165, 1.54) is 0 Å². The van der Waals surface area contributed by atoms with Crippen molar-refractivity contribution in [3.8, 4) is 0 Å². The number of carbonyl (C=O) groups excluding carboxylic acids is 1. The normalized spacial score (nSPS) is 24.5. The van der Waals surface area contributed by atoms with Crippen molar-refractivity contribution >= 4 is 12.1 Å². The van der Waals surface area contributed by atoms with E-state index in [9.17, 15) is 14.7 Å². The second-order valence-electron chi connectivity index (χ2n) is 5.81. The Labute approximate surface area is 130 Å². The van der Waals surface area contributed by atoms with Gasteiger partial charge in [-0.2, -0.15) is 0 Å². The molecule has 0 spiro atoms. The van der Waals surface area contributed by atoms with Crippen molar-refractivity contribution in [3.05, 3.63) is 35.9 Å². The average molecular weight is 305 g/mol. The first-order chi connectivity index (χ1) is 10.6. The quantitative estimate of drug-likeness (QED) is 0.875. The fraction of sp³-hybridized carbons (Fsp3) is 0.529. The summed E-state index contributed by atoms with van der Waals surface area (Å²) in [4.78, 5) is 23.8. The third-order valence-electron chi connectivity index (χ3n) is 4.48. The maximum absolute atomic E-state index is 12.1. The fourth-order valence-corrected chi connectivity index (χ4v) is 3.24. The predicted molar refractivity (Wildman–Crippen MR) is 82.4 cm³/mol. The molecule has 0 unspecified atom stereocenters. The van der Waals surface area contributed by atoms with E-state index in [0.29, 0.717) is 6.42 Å². The summed E-state index contributed by atoms with van der Waals surface area (Å²) >= 11 is 0. The molecular weight excluding hydrogens is 282 g/mol. The Hall–Kier alpha value is -2.04. The molecule has 5 nitrogen and oxygen atoms in total. The van der Waals surface area contributed by atoms with Gasteiger partial charge in [-0.15, -0.1) is 0 Å². The van der Waals surface area contributed by atoms with Crippen molar-refractivity contribution in [3.63, 3.8) is 0 Å². The SMILES string of the molecule is CC[C@@H]1CCCC[C@@]1(NC(=O)OCc1ccccc1)C(=O)O. The highest BCUT2D eigenvalue weighted by molar-refractivity contribution is 5.85. The summed E-state index contributed by atoms with van der Waals surface area (Å²) in [6, 6.07) is 9.33. The summed E-state index contributed by atoms with van der Waals surface area (Å²) in [6.45, 7) is 2.10. The van der Waals surface area contributed by atoms with Crippen molar-refractivity contribution < 1.29 is 19.4 Å². The van der Waals surface area contributed by atoms with Crippen LogP contribution in [0.1, 0.15) is 44.6 Å². The van der Waals surface area contributed by atoms with Crippen molar-refractivity contribution in [1.82, 2.24) is 5.32 Å². The minimum absolute atomic E-state index is 0.0528. The maximum Gasteiger partial charge on any atom is 0.408 e. The number of alkyl carbamates (subject to hydrolysis) is 1. The van der Waals surface area contributed by atoms with E-state index in [0.717, 1.165) is 31.2 Å². The standard InChI is InChI=1S/C17H23NO4/c1-2-14-10-6-7-11-17(14,15(19)20)18-16(21)22-12-13-8-4-3-5-9-13/h3-5,8-9,14H,2,6-7,10-12H2,1H3,(H,18,21)(H,19,20)/t14-,17+/m1/s1. The highest BCUT2D eigenvalue weighted by atomic mass is 16.5. The number of hydrogen-bond donors (Lipinski definition) is 2. The number of amides is 1. The lowest BCUT2D eigenvalue weighted by atomic mass is 9.71. The van der Waals surface area contributed by atoms with Crippen LogP contribution in [-0.4, -0.2) is 22.7 Å². The molecule has 0 bridgehead atoms. The van der Waals surface area contributed by atoms with Crippen molar-refractivity contribution in [1.29, 1.82) is 0 Å². The number of hydrogen-bond acceptors (Lipinski definition) is 3. The summed E-state index contributed by atoms with van der Waals surface area (Å²) in [5.74, 6) is -1.02. The smallest absolute Gasteiger partial charge is 0.408 e. The molecule has 1 aromatic carbocycles. The number of nitrogens with one attached hydrogen (secondary N) is 1. The van der Waals surface area contributed by atoms with Crippen LogP contribution >= 0.6 is 0 Å². The lowest BCUT2D eigenvalue weighted by Gasteiger charge is -2.40. The molecule has 22 heavy (non-hydrogen) atoms. The molecule has 1 aliphatic carbocycles. The Morgan fingerprint density at radius 2 is 2.05 bits per heavy atom. The van der Waals surface area contributed by atoms with Crippen LogP contribution in [0.25, 0.3) is 0 Å². The summed E-state index contributed by atoms with van der Waals surface area (Å²) in [5, 5.41) is 12.3. The monoisotopic (exact) mass is 305 g/mol. The maximum atomic E-state index is 12.1. The molecule has 0 radical (unpaired) electrons. The van der Waals surface area contributed by atoms with Gasteiger partial charge in [-0.3, -0.25) is 0 Å². The number of benzene rings is 1. The van der Waals surface area contributed by atoms with Gasteiger partial charge in [-0.25, -0.2) is 9.59 Å². The Balaban J connectivity index is 2.01. The third kappa shape index (κ3) is 3.59. The first-order valence-electron chi connectivity index (χ1n) is 7.80. The summed E-state index contributed by atoms with van der Waals surface area (Å²) in [6.07, 6.45) is 3.16. The minimum Gasteiger partial charge on any atom is -0.479 e. The largest absolute Gasteiger partial charge is 0.479 e. The second-order valence-corrected chi connectivity index (χ2v) is 5.81. The van der Waals surface area contributed by atoms with Gasteiger partial charge in [-0.05, 0) is 24.3 Å². The zero-order chi connectivity index (χ0) is 16.0. The van der Waals surface area contributed by atoms with Gasteiger partial charge in [0.1, 0.15) is 12.1 Å². The van der Waals surface area contributed by atoms with Gasteiger partial charge in [0, 0.05) is 0 Å². The number of rotatable bonds is 5. The van der Waals surface area contributed by atoms with Crippen LogP contribution in [0.3, 0.4) is 0 Å². The zero-order valence-electron chi connectivity index (χ0n) is 12.9. The summed E-state index contributed by atoms with van der Waals surface area (Å²) < 4.78 is 5.19. The number of carboxylic acid groups (broad SMARTS) is 1. The molecular formula is C17H23NO4. The Morgan fingerprint density at radius 1 is 1.32 bits per heavy atom. The number of carboxylic acids is 1. The molecule has 1 saturated carbocycles. The van der Waals surface area contributed by atoms with Crippen molar-refractivity contribution in [2.45, 2.75) is 51.2 Å². The molecule has 0 aromatic heterocycles. The van der Waals surface area contributed by atoms with E-state index in [1.54, 1.807) is 0 Å². The molecule has 0 heterocycles. The van der Waals surface area contributed by atoms with Crippen LogP contribution in [0.5, 0.6) is 0 Å². The Bertz CT molecular complexity index is 517. The molecule has 0 saturated heterocycles. The van der Waals surface area contributed by atoms with Crippen LogP contribution < -0.4 is 5.32 Å². The summed E-state index contributed by atoms with van der Waals surface area (Å²) in [5.41, 5.74) is -0.321. The van der Waals surface area contributed by atoms with Crippen LogP contribution in [0.2, 0.25) is 0 Å². The molecule has 0 aliphatic heterocycles. The van der Waals surface area contributed by atoms with E-state index >= 15 is 0 Å². The van der Waals surface area contributed by atoms with Gasteiger partial charge in [0.15, 0.2) is 0 Å². The van der Waals surface area contributed by atoms with E-state index < -0.39 is 17.6 Å². The van der Waals surface area contributed by atoms with E-state index in [-0.39, 0.29) is 12.5 Å². The van der Waals surface area contributed by atoms with Gasteiger partial charge >= 0.3 is 12.1 Å². The van der Waals surface area contributed by atoms with Crippen LogP contribution in [-0.2, 0) is 16.1 Å². The van der Waals surface area contributed by atoms with E-state index in [4.69, 9.17) is 4.74 Å². The molecule has 1 amide bonds. The van der Waals surface area contributed by atoms with Crippen LogP contribution in [0.15, 0.2) is 30.3 Å². The average Bonchev–Trinajstić information content (AvgIpc) is 2.54. The molecule has 5 heteroatoms. The summed E-state index contributed by atoms with van der Waals surface area (Å²) in [7, 11) is 0. The molecule has 120 valence electrons. The van der Waals surface area contributed by atoms with Gasteiger partial charge in [0.2, 0.25) is 0 Å². The molecule has 1 fully saturated rings. The Kier molecular flexibility index (Phi) is 5.41. The minimum atomic E-state index is -1.19. The highest BCUT2D eigenvalue weighted by Gasteiger charge is 2.48. The highest BCUT2D eigenvalue weighted by Crippen LogP contribution is 2.36. The van der Waals surface area contributed by atoms with Gasteiger partial charge in [0.25, 0.3) is 0 Å². The lowest BCUT2D eigenvalue weighted by Crippen LogP contribution is -2.60. The lowest BCUT2D eigenvalue weighted by molar-refractivity contribution is -0.149.